The van der Waals surface area contributed by atoms with E-state index in [1.165, 1.54) is 18.9 Å². The number of aliphatic imine (C=N–C) groups is 1. The van der Waals surface area contributed by atoms with Crippen LogP contribution in [0.15, 0.2) is 41.7 Å². The van der Waals surface area contributed by atoms with E-state index in [1.807, 2.05) is 23.2 Å². The number of hydrogen-bond donors (Lipinski definition) is 2. The minimum Gasteiger partial charge on any atom is -0.474 e. The Labute approximate surface area is 176 Å². The van der Waals surface area contributed by atoms with E-state index in [1.54, 1.807) is 19.3 Å². The van der Waals surface area contributed by atoms with Crippen LogP contribution in [0.25, 0.3) is 0 Å². The number of aromatic nitrogens is 2. The van der Waals surface area contributed by atoms with Gasteiger partial charge in [0, 0.05) is 51.2 Å². The van der Waals surface area contributed by atoms with Gasteiger partial charge in [-0.1, -0.05) is 6.07 Å². The summed E-state index contributed by atoms with van der Waals surface area (Å²) in [6.45, 7) is 2.06. The third kappa shape index (κ3) is 5.17. The average Bonchev–Trinajstić information content (AvgIpc) is 3.45. The predicted molar refractivity (Wildman–Crippen MR) is 115 cm³/mol. The lowest BCUT2D eigenvalue weighted by molar-refractivity contribution is 0.201. The monoisotopic (exact) mass is 412 g/mol. The molecule has 1 saturated heterocycles. The smallest absolute Gasteiger partial charge is 0.213 e. The van der Waals surface area contributed by atoms with Crippen molar-refractivity contribution >= 4 is 11.8 Å². The fraction of sp³-hybridized carbons (Fsp3) is 0.500. The first-order valence-electron chi connectivity index (χ1n) is 10.7. The molecule has 160 valence electrons. The molecule has 0 amide bonds. The van der Waals surface area contributed by atoms with E-state index in [0.717, 1.165) is 37.3 Å². The Balaban J connectivity index is 1.24. The van der Waals surface area contributed by atoms with Crippen LogP contribution in [0.5, 0.6) is 5.88 Å². The van der Waals surface area contributed by atoms with Crippen molar-refractivity contribution in [2.75, 3.05) is 25.0 Å². The molecule has 2 aromatic rings. The third-order valence-corrected chi connectivity index (χ3v) is 5.64. The lowest BCUT2D eigenvalue weighted by Gasteiger charge is -2.20. The molecule has 1 unspecified atom stereocenters. The Bertz CT molecular complexity index is 853. The standard InChI is InChI=1S/C22H29FN6O/c1-24-22(28-17-10-12-29(15-17)21-19(23)7-4-11-25-21)27-14-16-8-9-20(26-13-16)30-18-5-2-3-6-18/h4,7-9,11,13,17-18H,2-3,5-6,10,12,14-15H2,1H3,(H2,24,27,28). The molecule has 2 fully saturated rings. The number of guanidine groups is 1. The number of pyridine rings is 2. The van der Waals surface area contributed by atoms with E-state index in [2.05, 4.69) is 25.6 Å². The van der Waals surface area contributed by atoms with E-state index in [4.69, 9.17) is 4.74 Å². The number of rotatable bonds is 6. The zero-order valence-corrected chi connectivity index (χ0v) is 17.4. The fourth-order valence-electron chi connectivity index (χ4n) is 4.02. The van der Waals surface area contributed by atoms with Gasteiger partial charge < -0.3 is 20.3 Å². The first kappa shape index (κ1) is 20.4. The van der Waals surface area contributed by atoms with Gasteiger partial charge in [-0.3, -0.25) is 4.99 Å². The van der Waals surface area contributed by atoms with Crippen molar-refractivity contribution in [2.45, 2.75) is 50.8 Å². The van der Waals surface area contributed by atoms with E-state index < -0.39 is 0 Å². The lowest BCUT2D eigenvalue weighted by atomic mass is 10.2. The molecular formula is C22H29FN6O. The SMILES string of the molecule is CN=C(NCc1ccc(OC2CCCC2)nc1)NC1CCN(c2ncccc2F)C1. The summed E-state index contributed by atoms with van der Waals surface area (Å²) in [5.41, 5.74) is 1.06. The van der Waals surface area contributed by atoms with Gasteiger partial charge in [-0.05, 0) is 49.8 Å². The highest BCUT2D eigenvalue weighted by Crippen LogP contribution is 2.23. The van der Waals surface area contributed by atoms with Crippen LogP contribution in [-0.4, -0.2) is 48.2 Å². The minimum atomic E-state index is -0.284. The van der Waals surface area contributed by atoms with Crippen LogP contribution >= 0.6 is 0 Å². The van der Waals surface area contributed by atoms with Gasteiger partial charge in [-0.25, -0.2) is 14.4 Å². The molecule has 30 heavy (non-hydrogen) atoms. The summed E-state index contributed by atoms with van der Waals surface area (Å²) < 4.78 is 19.9. The highest BCUT2D eigenvalue weighted by Gasteiger charge is 2.26. The molecular weight excluding hydrogens is 383 g/mol. The van der Waals surface area contributed by atoms with Gasteiger partial charge in [-0.2, -0.15) is 0 Å². The number of anilines is 1. The number of ether oxygens (including phenoxy) is 1. The summed E-state index contributed by atoms with van der Waals surface area (Å²) in [7, 11) is 1.75. The highest BCUT2D eigenvalue weighted by molar-refractivity contribution is 5.80. The topological polar surface area (TPSA) is 74.7 Å². The van der Waals surface area contributed by atoms with Crippen molar-refractivity contribution in [3.63, 3.8) is 0 Å². The molecule has 2 N–H and O–H groups in total. The minimum absolute atomic E-state index is 0.179. The molecule has 8 heteroatoms. The van der Waals surface area contributed by atoms with Crippen LogP contribution in [-0.2, 0) is 6.54 Å². The molecule has 1 atom stereocenters. The number of nitrogens with one attached hydrogen (secondary N) is 2. The molecule has 1 aliphatic carbocycles. The van der Waals surface area contributed by atoms with Crippen LogP contribution in [0.4, 0.5) is 10.2 Å². The maximum atomic E-state index is 14.0. The average molecular weight is 413 g/mol. The maximum absolute atomic E-state index is 14.0. The first-order valence-corrected chi connectivity index (χ1v) is 10.7. The second-order valence-electron chi connectivity index (χ2n) is 7.84. The number of hydrogen-bond acceptors (Lipinski definition) is 5. The molecule has 4 rings (SSSR count). The lowest BCUT2D eigenvalue weighted by Crippen LogP contribution is -2.44. The molecule has 2 aliphatic rings. The summed E-state index contributed by atoms with van der Waals surface area (Å²) in [5.74, 6) is 1.54. The quantitative estimate of drug-likeness (QED) is 0.561. The summed E-state index contributed by atoms with van der Waals surface area (Å²) >= 11 is 0. The normalized spacial score (nSPS) is 19.9. The summed E-state index contributed by atoms with van der Waals surface area (Å²) in [6.07, 6.45) is 9.41. The van der Waals surface area contributed by atoms with Gasteiger partial charge in [0.1, 0.15) is 6.10 Å². The van der Waals surface area contributed by atoms with Crippen LogP contribution in [0.3, 0.4) is 0 Å². The summed E-state index contributed by atoms with van der Waals surface area (Å²) in [6, 6.07) is 7.19. The maximum Gasteiger partial charge on any atom is 0.213 e. The molecule has 1 aliphatic heterocycles. The van der Waals surface area contributed by atoms with Gasteiger partial charge in [0.25, 0.3) is 0 Å². The summed E-state index contributed by atoms with van der Waals surface area (Å²) in [4.78, 5) is 14.9. The van der Waals surface area contributed by atoms with E-state index in [0.29, 0.717) is 30.9 Å². The molecule has 0 bridgehead atoms. The number of halogens is 1. The molecule has 0 radical (unpaired) electrons. The molecule has 3 heterocycles. The molecule has 0 aromatic carbocycles. The van der Waals surface area contributed by atoms with E-state index in [-0.39, 0.29) is 11.9 Å². The van der Waals surface area contributed by atoms with Gasteiger partial charge in [0.15, 0.2) is 17.6 Å². The first-order chi connectivity index (χ1) is 14.7. The second-order valence-corrected chi connectivity index (χ2v) is 7.84. The van der Waals surface area contributed by atoms with E-state index in [9.17, 15) is 4.39 Å². The van der Waals surface area contributed by atoms with Crippen LogP contribution in [0, 0.1) is 5.82 Å². The number of nitrogens with zero attached hydrogens (tertiary/aromatic N) is 4. The van der Waals surface area contributed by atoms with Crippen LogP contribution in [0.2, 0.25) is 0 Å². The zero-order chi connectivity index (χ0) is 20.8. The Kier molecular flexibility index (Phi) is 6.61. The molecule has 0 spiro atoms. The molecule has 2 aromatic heterocycles. The predicted octanol–water partition coefficient (Wildman–Crippen LogP) is 2.88. The van der Waals surface area contributed by atoms with Crippen LogP contribution in [0.1, 0.15) is 37.7 Å². The Hall–Kier alpha value is -2.90. The van der Waals surface area contributed by atoms with Crippen molar-refractivity contribution in [1.82, 2.24) is 20.6 Å². The third-order valence-electron chi connectivity index (χ3n) is 5.64. The zero-order valence-electron chi connectivity index (χ0n) is 17.4. The van der Waals surface area contributed by atoms with Gasteiger partial charge >= 0.3 is 0 Å². The van der Waals surface area contributed by atoms with Crippen molar-refractivity contribution in [1.29, 1.82) is 0 Å². The van der Waals surface area contributed by atoms with Gasteiger partial charge in [-0.15, -0.1) is 0 Å². The highest BCUT2D eigenvalue weighted by atomic mass is 19.1. The van der Waals surface area contributed by atoms with Gasteiger partial charge in [0.2, 0.25) is 5.88 Å². The fourth-order valence-corrected chi connectivity index (χ4v) is 4.02. The molecule has 1 saturated carbocycles. The Morgan fingerprint density at radius 2 is 2.10 bits per heavy atom. The molecule has 7 nitrogen and oxygen atoms in total. The van der Waals surface area contributed by atoms with Crippen molar-refractivity contribution in [3.8, 4) is 5.88 Å². The van der Waals surface area contributed by atoms with E-state index >= 15 is 0 Å². The Morgan fingerprint density at radius 1 is 1.23 bits per heavy atom. The van der Waals surface area contributed by atoms with Gasteiger partial charge in [0.05, 0.1) is 0 Å². The summed E-state index contributed by atoms with van der Waals surface area (Å²) in [5, 5.41) is 6.74. The van der Waals surface area contributed by atoms with Crippen molar-refractivity contribution in [3.05, 3.63) is 48.0 Å². The van der Waals surface area contributed by atoms with Crippen molar-refractivity contribution < 1.29 is 9.13 Å². The largest absolute Gasteiger partial charge is 0.474 e. The Morgan fingerprint density at radius 3 is 2.83 bits per heavy atom. The van der Waals surface area contributed by atoms with Crippen LogP contribution < -0.4 is 20.3 Å². The second kappa shape index (κ2) is 9.73. The van der Waals surface area contributed by atoms with Crippen molar-refractivity contribution in [2.24, 2.45) is 4.99 Å².